The minimum atomic E-state index is -1.58. The molecule has 1 rings (SSSR count). The average Bonchev–Trinajstić information content (AvgIpc) is 2.12. The molecule has 0 bridgehead atoms. The van der Waals surface area contributed by atoms with Crippen LogP contribution in [-0.2, 0) is 4.74 Å². The maximum absolute atomic E-state index is 11.5. The Balaban J connectivity index is 2.24. The van der Waals surface area contributed by atoms with Gasteiger partial charge in [0.25, 0.3) is 0 Å². The molecular weight excluding hydrogens is 114 g/mol. The topological polar surface area (TPSA) is 9.23 Å². The first-order valence-electron chi connectivity index (χ1n) is 2.60. The van der Waals surface area contributed by atoms with Crippen molar-refractivity contribution in [3.63, 3.8) is 0 Å². The summed E-state index contributed by atoms with van der Waals surface area (Å²) in [6, 6.07) is 0. The van der Waals surface area contributed by atoms with Crippen molar-refractivity contribution in [2.24, 2.45) is 0 Å². The number of ether oxygens (including phenoxy) is 1. The smallest absolute Gasteiger partial charge is 0.338 e. The molecule has 0 aromatic heterocycles. The number of hydrogen-bond acceptors (Lipinski definition) is 1. The fourth-order valence-corrected chi connectivity index (χ4v) is 0.750. The molecule has 1 aliphatic heterocycles. The summed E-state index contributed by atoms with van der Waals surface area (Å²) >= 11 is 0. The van der Waals surface area contributed by atoms with Gasteiger partial charge in [-0.25, -0.2) is 0 Å². The fraction of sp³-hybridized carbons (Fsp3) is 0.800. The van der Waals surface area contributed by atoms with E-state index < -0.39 is 12.5 Å². The summed E-state index contributed by atoms with van der Waals surface area (Å²) in [5.74, 6) is 0. The second-order valence-corrected chi connectivity index (χ2v) is 1.79. The van der Waals surface area contributed by atoms with Gasteiger partial charge in [0.1, 0.15) is 6.10 Å². The van der Waals surface area contributed by atoms with Crippen molar-refractivity contribution in [2.45, 2.75) is 18.9 Å². The van der Waals surface area contributed by atoms with Crippen LogP contribution in [0.4, 0.5) is 8.78 Å². The molecule has 0 aliphatic carbocycles. The lowest BCUT2D eigenvalue weighted by atomic mass is 10.2. The van der Waals surface area contributed by atoms with Gasteiger partial charge in [-0.05, 0) is 12.8 Å². The van der Waals surface area contributed by atoms with Crippen LogP contribution in [0.15, 0.2) is 0 Å². The molecule has 1 nitrogen and oxygen atoms in total. The van der Waals surface area contributed by atoms with E-state index in [4.69, 9.17) is 0 Å². The Morgan fingerprint density at radius 3 is 2.50 bits per heavy atom. The van der Waals surface area contributed by atoms with E-state index in [2.05, 4.69) is 4.74 Å². The molecule has 1 fully saturated rings. The predicted octanol–water partition coefficient (Wildman–Crippen LogP) is 1.59. The van der Waals surface area contributed by atoms with Crippen LogP contribution in [0.1, 0.15) is 12.8 Å². The van der Waals surface area contributed by atoms with E-state index in [0.29, 0.717) is 13.0 Å². The lowest BCUT2D eigenvalue weighted by molar-refractivity contribution is 0.0484. The minimum absolute atomic E-state index is 0.488. The Labute approximate surface area is 46.6 Å². The second kappa shape index (κ2) is 2.40. The molecule has 1 saturated heterocycles. The van der Waals surface area contributed by atoms with Crippen LogP contribution in [0.2, 0.25) is 0 Å². The standard InChI is InChI=1S/C5H7F2O/c6-5(7)4-2-1-3-8-4/h4H,1-3H2. The van der Waals surface area contributed by atoms with Gasteiger partial charge in [0.05, 0.1) is 0 Å². The largest absolute Gasteiger partial charge is 0.372 e. The summed E-state index contributed by atoms with van der Waals surface area (Å²) in [7, 11) is 0. The van der Waals surface area contributed by atoms with Gasteiger partial charge in [-0.15, -0.1) is 0 Å². The highest BCUT2D eigenvalue weighted by Gasteiger charge is 2.26. The lowest BCUT2D eigenvalue weighted by Gasteiger charge is -2.02. The average molecular weight is 121 g/mol. The second-order valence-electron chi connectivity index (χ2n) is 1.79. The van der Waals surface area contributed by atoms with Gasteiger partial charge < -0.3 is 4.74 Å². The van der Waals surface area contributed by atoms with Crippen LogP contribution in [0, 0.1) is 6.43 Å². The molecule has 0 spiro atoms. The molecule has 1 aliphatic rings. The van der Waals surface area contributed by atoms with E-state index in [1.54, 1.807) is 0 Å². The molecule has 1 radical (unpaired) electrons. The molecule has 0 aromatic carbocycles. The first-order chi connectivity index (χ1) is 3.80. The van der Waals surface area contributed by atoms with Crippen molar-refractivity contribution in [2.75, 3.05) is 6.61 Å². The summed E-state index contributed by atoms with van der Waals surface area (Å²) in [5, 5.41) is 0. The maximum Gasteiger partial charge on any atom is 0.338 e. The number of halogens is 2. The highest BCUT2D eigenvalue weighted by molar-refractivity contribution is 4.78. The highest BCUT2D eigenvalue weighted by atomic mass is 19.3. The zero-order valence-electron chi connectivity index (χ0n) is 4.36. The van der Waals surface area contributed by atoms with Crippen LogP contribution in [-0.4, -0.2) is 12.7 Å². The number of hydrogen-bond donors (Lipinski definition) is 0. The monoisotopic (exact) mass is 121 g/mol. The Hall–Kier alpha value is -0.180. The first kappa shape index (κ1) is 5.95. The zero-order chi connectivity index (χ0) is 5.98. The van der Waals surface area contributed by atoms with Gasteiger partial charge in [0.15, 0.2) is 0 Å². The van der Waals surface area contributed by atoms with Gasteiger partial charge in [0, 0.05) is 6.61 Å². The van der Waals surface area contributed by atoms with E-state index >= 15 is 0 Å². The quantitative estimate of drug-likeness (QED) is 0.512. The third-order valence-corrected chi connectivity index (χ3v) is 1.17. The van der Waals surface area contributed by atoms with E-state index in [1.165, 1.54) is 0 Å². The van der Waals surface area contributed by atoms with Crippen molar-refractivity contribution in [1.29, 1.82) is 0 Å². The molecule has 1 unspecified atom stereocenters. The summed E-state index contributed by atoms with van der Waals surface area (Å²) in [5.41, 5.74) is 0. The highest BCUT2D eigenvalue weighted by Crippen LogP contribution is 2.23. The van der Waals surface area contributed by atoms with Gasteiger partial charge in [-0.3, -0.25) is 0 Å². The number of rotatable bonds is 1. The third kappa shape index (κ3) is 1.15. The molecule has 1 atom stereocenters. The summed E-state index contributed by atoms with van der Waals surface area (Å²) in [4.78, 5) is 0. The molecule has 0 aromatic rings. The van der Waals surface area contributed by atoms with Crippen LogP contribution in [0.3, 0.4) is 0 Å². The summed E-state index contributed by atoms with van der Waals surface area (Å²) in [6.07, 6.45) is -1.18. The normalized spacial score (nSPS) is 29.6. The Kier molecular flexibility index (Phi) is 1.78. The van der Waals surface area contributed by atoms with Crippen molar-refractivity contribution >= 4 is 0 Å². The SMILES string of the molecule is F[C](F)C1CCCO1. The van der Waals surface area contributed by atoms with Crippen molar-refractivity contribution in [1.82, 2.24) is 0 Å². The molecule has 3 heteroatoms. The lowest BCUT2D eigenvalue weighted by Crippen LogP contribution is -2.08. The van der Waals surface area contributed by atoms with E-state index in [9.17, 15) is 8.78 Å². The zero-order valence-corrected chi connectivity index (χ0v) is 4.36. The van der Waals surface area contributed by atoms with E-state index in [0.717, 1.165) is 6.42 Å². The van der Waals surface area contributed by atoms with Crippen molar-refractivity contribution < 1.29 is 13.5 Å². The molecule has 1 heterocycles. The molecule has 0 amide bonds. The summed E-state index contributed by atoms with van der Waals surface area (Å²) in [6.45, 7) is 0.488. The van der Waals surface area contributed by atoms with Crippen molar-refractivity contribution in [3.05, 3.63) is 6.43 Å². The first-order valence-corrected chi connectivity index (χ1v) is 2.60. The van der Waals surface area contributed by atoms with Crippen LogP contribution in [0.5, 0.6) is 0 Å². The third-order valence-electron chi connectivity index (χ3n) is 1.17. The molecule has 0 saturated carbocycles. The summed E-state index contributed by atoms with van der Waals surface area (Å²) < 4.78 is 27.7. The van der Waals surface area contributed by atoms with E-state index in [-0.39, 0.29) is 0 Å². The van der Waals surface area contributed by atoms with Gasteiger partial charge >= 0.3 is 6.43 Å². The van der Waals surface area contributed by atoms with Crippen LogP contribution < -0.4 is 0 Å². The predicted molar refractivity (Wildman–Crippen MR) is 24.4 cm³/mol. The Morgan fingerprint density at radius 2 is 2.25 bits per heavy atom. The maximum atomic E-state index is 11.5. The van der Waals surface area contributed by atoms with Gasteiger partial charge in [0.2, 0.25) is 0 Å². The molecule has 47 valence electrons. The van der Waals surface area contributed by atoms with Crippen LogP contribution >= 0.6 is 0 Å². The van der Waals surface area contributed by atoms with Gasteiger partial charge in [-0.2, -0.15) is 8.78 Å². The van der Waals surface area contributed by atoms with Gasteiger partial charge in [-0.1, -0.05) is 0 Å². The minimum Gasteiger partial charge on any atom is -0.372 e. The molecule has 8 heavy (non-hydrogen) atoms. The molecular formula is C5H7F2O. The fourth-order valence-electron chi connectivity index (χ4n) is 0.750. The van der Waals surface area contributed by atoms with Crippen molar-refractivity contribution in [3.8, 4) is 0 Å². The Morgan fingerprint density at radius 1 is 1.50 bits per heavy atom. The van der Waals surface area contributed by atoms with Crippen LogP contribution in [0.25, 0.3) is 0 Å². The molecule has 0 N–H and O–H groups in total. The van der Waals surface area contributed by atoms with E-state index in [1.807, 2.05) is 0 Å². The Bertz CT molecular complexity index is 68.8.